The van der Waals surface area contributed by atoms with E-state index in [1.807, 2.05) is 12.3 Å². The molecule has 2 atom stereocenters. The molecule has 3 aromatic heterocycles. The third-order valence-corrected chi connectivity index (χ3v) is 9.05. The van der Waals surface area contributed by atoms with Crippen LogP contribution in [0.15, 0.2) is 46.6 Å². The Balaban J connectivity index is 1.45. The molecule has 6 rings (SSSR count). The number of hydrogen-bond acceptors (Lipinski definition) is 8. The van der Waals surface area contributed by atoms with Crippen molar-refractivity contribution in [2.45, 2.75) is 51.8 Å². The maximum absolute atomic E-state index is 12.2. The molecule has 0 saturated carbocycles. The minimum Gasteiger partial charge on any atom is -0.487 e. The van der Waals surface area contributed by atoms with E-state index >= 15 is 0 Å². The number of hydrogen-bond donors (Lipinski definition) is 2. The molecule has 0 spiro atoms. The number of aliphatic carboxylic acids is 1. The number of nitrogens with one attached hydrogen (secondary N) is 1. The number of fused-ring (bicyclic) bond motifs is 3. The number of pyridine rings is 1. The molecule has 42 heavy (non-hydrogen) atoms. The van der Waals surface area contributed by atoms with Crippen LogP contribution < -0.4 is 10.3 Å². The Morgan fingerprint density at radius 3 is 2.90 bits per heavy atom. The van der Waals surface area contributed by atoms with E-state index in [4.69, 9.17) is 4.74 Å². The maximum Gasteiger partial charge on any atom is 0.304 e. The van der Waals surface area contributed by atoms with E-state index in [1.54, 1.807) is 35.2 Å². The predicted molar refractivity (Wildman–Crippen MR) is 160 cm³/mol. The fraction of sp³-hybridized carbons (Fsp3) is 0.323. The van der Waals surface area contributed by atoms with Crippen LogP contribution in [0.25, 0.3) is 21.1 Å². The van der Waals surface area contributed by atoms with Crippen LogP contribution in [-0.2, 0) is 24.9 Å². The Hall–Kier alpha value is -4.53. The number of rotatable bonds is 7. The Kier molecular flexibility index (Phi) is 7.26. The second kappa shape index (κ2) is 11.0. The molecule has 4 heterocycles. The van der Waals surface area contributed by atoms with Gasteiger partial charge in [-0.15, -0.1) is 16.4 Å². The summed E-state index contributed by atoms with van der Waals surface area (Å²) < 4.78 is 8.93. The third kappa shape index (κ3) is 5.04. The van der Waals surface area contributed by atoms with Crippen molar-refractivity contribution >= 4 is 38.4 Å². The summed E-state index contributed by atoms with van der Waals surface area (Å²) in [4.78, 5) is 29.5. The molecule has 0 fully saturated rings. The van der Waals surface area contributed by atoms with Crippen LogP contribution in [0.1, 0.15) is 59.2 Å². The predicted octanol–water partition coefficient (Wildman–Crippen LogP) is 4.83. The number of aryl methyl sites for hydroxylation is 2. The van der Waals surface area contributed by atoms with Gasteiger partial charge in [-0.05, 0) is 70.6 Å². The quantitative estimate of drug-likeness (QED) is 0.278. The number of thiophene rings is 1. The number of carbonyl (C=O) groups is 1. The van der Waals surface area contributed by atoms with E-state index in [2.05, 4.69) is 51.4 Å². The van der Waals surface area contributed by atoms with Crippen molar-refractivity contribution in [1.29, 1.82) is 5.26 Å². The average molecular weight is 583 g/mol. The summed E-state index contributed by atoms with van der Waals surface area (Å²) in [6.45, 7) is 5.78. The van der Waals surface area contributed by atoms with Crippen molar-refractivity contribution in [3.8, 4) is 11.8 Å². The van der Waals surface area contributed by atoms with Crippen LogP contribution in [-0.4, -0.2) is 48.6 Å². The summed E-state index contributed by atoms with van der Waals surface area (Å²) in [6, 6.07) is 13.5. The van der Waals surface area contributed by atoms with Crippen molar-refractivity contribution in [3.63, 3.8) is 0 Å². The number of aromatic nitrogens is 4. The minimum atomic E-state index is -0.930. The first-order chi connectivity index (χ1) is 20.2. The Bertz CT molecular complexity index is 1930. The van der Waals surface area contributed by atoms with Crippen LogP contribution in [0.3, 0.4) is 0 Å². The molecule has 0 radical (unpaired) electrons. The fourth-order valence-corrected chi connectivity index (χ4v) is 6.90. The van der Waals surface area contributed by atoms with Gasteiger partial charge in [0.1, 0.15) is 29.0 Å². The number of ether oxygens (including phenoxy) is 1. The zero-order chi connectivity index (χ0) is 29.5. The van der Waals surface area contributed by atoms with Gasteiger partial charge in [0.25, 0.3) is 0 Å². The molecule has 2 aromatic carbocycles. The molecular weight excluding hydrogens is 552 g/mol. The molecule has 1 aliphatic rings. The maximum atomic E-state index is 12.2. The van der Waals surface area contributed by atoms with E-state index < -0.39 is 11.9 Å². The Morgan fingerprint density at radius 1 is 1.31 bits per heavy atom. The van der Waals surface area contributed by atoms with Crippen molar-refractivity contribution in [2.24, 2.45) is 7.05 Å². The van der Waals surface area contributed by atoms with Crippen molar-refractivity contribution in [1.82, 2.24) is 24.9 Å². The molecule has 2 N–H and O–H groups in total. The SMILES string of the molecule is CC[C@@H]1CN(Cc2cc(C(CC(=O)O)c3cc(C#N)c4c(nnn4C)c3C)cc3ccsc23)Cc2[nH]c(=O)ccc2O1. The topological polar surface area (TPSA) is 137 Å². The number of carboxylic acid groups (broad SMARTS) is 1. The molecule has 11 heteroatoms. The smallest absolute Gasteiger partial charge is 0.304 e. The minimum absolute atomic E-state index is 0.0373. The summed E-state index contributed by atoms with van der Waals surface area (Å²) in [7, 11) is 1.74. The zero-order valence-corrected chi connectivity index (χ0v) is 24.4. The average Bonchev–Trinajstić information content (AvgIpc) is 3.56. The van der Waals surface area contributed by atoms with Gasteiger partial charge in [0, 0.05) is 43.4 Å². The largest absolute Gasteiger partial charge is 0.487 e. The first-order valence-corrected chi connectivity index (χ1v) is 14.7. The molecule has 0 aliphatic carbocycles. The molecule has 0 bridgehead atoms. The zero-order valence-electron chi connectivity index (χ0n) is 23.5. The molecule has 10 nitrogen and oxygen atoms in total. The number of H-pyrrole nitrogens is 1. The Morgan fingerprint density at radius 2 is 2.14 bits per heavy atom. The first-order valence-electron chi connectivity index (χ1n) is 13.8. The highest BCUT2D eigenvalue weighted by atomic mass is 32.1. The van der Waals surface area contributed by atoms with Crippen molar-refractivity contribution < 1.29 is 14.6 Å². The van der Waals surface area contributed by atoms with E-state index in [0.29, 0.717) is 42.0 Å². The molecule has 0 saturated heterocycles. The molecule has 1 aliphatic heterocycles. The van der Waals surface area contributed by atoms with Gasteiger partial charge in [0.15, 0.2) is 0 Å². The molecule has 0 amide bonds. The van der Waals surface area contributed by atoms with E-state index in [0.717, 1.165) is 44.5 Å². The molecule has 5 aromatic rings. The summed E-state index contributed by atoms with van der Waals surface area (Å²) >= 11 is 1.65. The van der Waals surface area contributed by atoms with Crippen LogP contribution >= 0.6 is 11.3 Å². The lowest BCUT2D eigenvalue weighted by Crippen LogP contribution is -2.32. The summed E-state index contributed by atoms with van der Waals surface area (Å²) in [6.07, 6.45) is 0.635. The summed E-state index contributed by atoms with van der Waals surface area (Å²) in [5, 5.41) is 31.4. The van der Waals surface area contributed by atoms with Gasteiger partial charge in [-0.2, -0.15) is 5.26 Å². The summed E-state index contributed by atoms with van der Waals surface area (Å²) in [5.41, 5.74) is 5.72. The molecule has 1 unspecified atom stereocenters. The lowest BCUT2D eigenvalue weighted by atomic mass is 9.83. The highest BCUT2D eigenvalue weighted by Gasteiger charge is 2.27. The molecule has 214 valence electrons. The van der Waals surface area contributed by atoms with Crippen LogP contribution in [0.2, 0.25) is 0 Å². The lowest BCUT2D eigenvalue weighted by Gasteiger charge is -2.25. The highest BCUT2D eigenvalue weighted by molar-refractivity contribution is 7.17. The number of nitriles is 1. The van der Waals surface area contributed by atoms with E-state index in [-0.39, 0.29) is 18.1 Å². The standard InChI is InChI=1S/C31H30N6O4S/c1-4-22-15-37(16-25-26(41-22)5-6-27(38)33-25)14-21-10-19(9-18-7-8-42-31(18)21)24(12-28(39)40)23-11-20(13-32)30-29(17(23)2)34-35-36(30)3/h5-11,22,24H,4,12,14-16H2,1-3H3,(H,33,38)(H,39,40)/t22-,24?/m1/s1. The van der Waals surface area contributed by atoms with Gasteiger partial charge in [-0.1, -0.05) is 18.2 Å². The highest BCUT2D eigenvalue weighted by Crippen LogP contribution is 2.38. The monoisotopic (exact) mass is 582 g/mol. The van der Waals surface area contributed by atoms with Crippen LogP contribution in [0, 0.1) is 18.3 Å². The second-order valence-corrected chi connectivity index (χ2v) is 11.7. The second-order valence-electron chi connectivity index (χ2n) is 10.8. The molecular formula is C31H30N6O4S. The third-order valence-electron chi connectivity index (χ3n) is 8.04. The first kappa shape index (κ1) is 27.6. The number of aromatic amines is 1. The van der Waals surface area contributed by atoms with Gasteiger partial charge in [-0.25, -0.2) is 4.68 Å². The lowest BCUT2D eigenvalue weighted by molar-refractivity contribution is -0.137. The van der Waals surface area contributed by atoms with Crippen LogP contribution in [0.5, 0.6) is 5.75 Å². The van der Waals surface area contributed by atoms with Crippen LogP contribution in [0.4, 0.5) is 0 Å². The van der Waals surface area contributed by atoms with E-state index in [9.17, 15) is 20.0 Å². The number of benzene rings is 2. The van der Waals surface area contributed by atoms with Gasteiger partial charge in [-0.3, -0.25) is 14.5 Å². The van der Waals surface area contributed by atoms with Gasteiger partial charge in [0.2, 0.25) is 5.56 Å². The van der Waals surface area contributed by atoms with Gasteiger partial charge in [0.05, 0.1) is 17.7 Å². The normalized spacial score (nSPS) is 16.1. The fourth-order valence-electron chi connectivity index (χ4n) is 6.01. The van der Waals surface area contributed by atoms with E-state index in [1.165, 1.54) is 6.07 Å². The van der Waals surface area contributed by atoms with Gasteiger partial charge >= 0.3 is 5.97 Å². The Labute approximate surface area is 245 Å². The number of nitrogens with zero attached hydrogens (tertiary/aromatic N) is 5. The van der Waals surface area contributed by atoms with Gasteiger partial charge < -0.3 is 14.8 Å². The summed E-state index contributed by atoms with van der Waals surface area (Å²) in [5.74, 6) is -0.735. The van der Waals surface area contributed by atoms with Crippen molar-refractivity contribution in [3.05, 3.63) is 85.6 Å². The number of carboxylic acids is 1. The van der Waals surface area contributed by atoms with Crippen molar-refractivity contribution in [2.75, 3.05) is 6.54 Å².